The number of hydrogen-bond acceptors (Lipinski definition) is 3. The molecule has 1 aromatic heterocycles. The van der Waals surface area contributed by atoms with E-state index in [9.17, 15) is 4.79 Å². The summed E-state index contributed by atoms with van der Waals surface area (Å²) in [6.45, 7) is 0.620. The van der Waals surface area contributed by atoms with Crippen molar-refractivity contribution in [2.45, 2.75) is 6.54 Å². The Morgan fingerprint density at radius 3 is 2.86 bits per heavy atom. The lowest BCUT2D eigenvalue weighted by Crippen LogP contribution is -2.11. The first kappa shape index (κ1) is 13.1. The molecule has 0 saturated heterocycles. The number of carbonyl (C=O) groups excluding carboxylic acids is 1. The Hall–Kier alpha value is -2.88. The van der Waals surface area contributed by atoms with Crippen LogP contribution >= 0.6 is 0 Å². The predicted octanol–water partition coefficient (Wildman–Crippen LogP) is 2.95. The molecule has 0 radical (unpaired) electrons. The zero-order valence-corrected chi connectivity index (χ0v) is 11.4. The number of benzene rings is 2. The maximum atomic E-state index is 11.2. The van der Waals surface area contributed by atoms with Crippen molar-refractivity contribution in [3.63, 3.8) is 0 Å². The highest BCUT2D eigenvalue weighted by molar-refractivity contribution is 5.93. The molecule has 4 nitrogen and oxygen atoms in total. The molecular formula is C17H15N3O. The van der Waals surface area contributed by atoms with Gasteiger partial charge in [-0.3, -0.25) is 9.78 Å². The Balaban J connectivity index is 1.84. The van der Waals surface area contributed by atoms with E-state index in [2.05, 4.69) is 16.4 Å². The number of aromatic nitrogens is 1. The minimum absolute atomic E-state index is 0.411. The molecule has 1 heterocycles. The first-order valence-corrected chi connectivity index (χ1v) is 6.69. The molecule has 0 unspecified atom stereocenters. The fraction of sp³-hybridized carbons (Fsp3) is 0.0588. The highest BCUT2D eigenvalue weighted by atomic mass is 16.1. The lowest BCUT2D eigenvalue weighted by molar-refractivity contribution is 0.1000. The van der Waals surface area contributed by atoms with Gasteiger partial charge in [-0.15, -0.1) is 0 Å². The van der Waals surface area contributed by atoms with Crippen molar-refractivity contribution in [3.8, 4) is 0 Å². The van der Waals surface area contributed by atoms with Crippen LogP contribution in [0.3, 0.4) is 0 Å². The molecule has 0 aliphatic rings. The van der Waals surface area contributed by atoms with Gasteiger partial charge in [0.1, 0.15) is 0 Å². The van der Waals surface area contributed by atoms with Gasteiger partial charge in [0.05, 0.1) is 0 Å². The fourth-order valence-electron chi connectivity index (χ4n) is 2.30. The van der Waals surface area contributed by atoms with Crippen molar-refractivity contribution in [3.05, 3.63) is 72.1 Å². The lowest BCUT2D eigenvalue weighted by Gasteiger charge is -2.10. The molecule has 0 saturated carbocycles. The summed E-state index contributed by atoms with van der Waals surface area (Å²) in [6.07, 6.45) is 3.62. The van der Waals surface area contributed by atoms with Crippen molar-refractivity contribution in [1.82, 2.24) is 4.98 Å². The van der Waals surface area contributed by atoms with E-state index in [1.165, 1.54) is 0 Å². The molecule has 0 aliphatic heterocycles. The van der Waals surface area contributed by atoms with Gasteiger partial charge in [0, 0.05) is 35.6 Å². The molecule has 0 fully saturated rings. The van der Waals surface area contributed by atoms with E-state index in [0.29, 0.717) is 12.1 Å². The zero-order valence-electron chi connectivity index (χ0n) is 11.4. The number of hydrogen-bond donors (Lipinski definition) is 2. The number of primary amides is 1. The molecule has 104 valence electrons. The second-order valence-electron chi connectivity index (χ2n) is 4.82. The molecule has 2 aromatic carbocycles. The van der Waals surface area contributed by atoms with Crippen molar-refractivity contribution in [2.24, 2.45) is 5.73 Å². The lowest BCUT2D eigenvalue weighted by atomic mass is 10.1. The minimum atomic E-state index is -0.411. The van der Waals surface area contributed by atoms with Crippen molar-refractivity contribution >= 4 is 22.4 Å². The summed E-state index contributed by atoms with van der Waals surface area (Å²) in [5.74, 6) is -0.411. The first-order valence-electron chi connectivity index (χ1n) is 6.69. The number of pyridine rings is 1. The molecule has 3 N–H and O–H groups in total. The van der Waals surface area contributed by atoms with Crippen LogP contribution in [0.5, 0.6) is 0 Å². The Morgan fingerprint density at radius 2 is 2.00 bits per heavy atom. The highest BCUT2D eigenvalue weighted by Gasteiger charge is 2.03. The van der Waals surface area contributed by atoms with Crippen LogP contribution < -0.4 is 11.1 Å². The van der Waals surface area contributed by atoms with Crippen LogP contribution in [0.4, 0.5) is 5.69 Å². The van der Waals surface area contributed by atoms with Crippen molar-refractivity contribution in [1.29, 1.82) is 0 Å². The molecule has 0 aliphatic carbocycles. The Labute approximate surface area is 122 Å². The van der Waals surface area contributed by atoms with E-state index in [0.717, 1.165) is 22.0 Å². The Kier molecular flexibility index (Phi) is 3.51. The molecule has 0 atom stereocenters. The Bertz CT molecular complexity index is 793. The monoisotopic (exact) mass is 277 g/mol. The molecule has 1 amide bonds. The van der Waals surface area contributed by atoms with Crippen LogP contribution in [0, 0.1) is 0 Å². The van der Waals surface area contributed by atoms with E-state index in [1.807, 2.05) is 36.5 Å². The van der Waals surface area contributed by atoms with Gasteiger partial charge in [-0.2, -0.15) is 0 Å². The van der Waals surface area contributed by atoms with Gasteiger partial charge in [0.2, 0.25) is 5.91 Å². The van der Waals surface area contributed by atoms with E-state index in [-0.39, 0.29) is 0 Å². The highest BCUT2D eigenvalue weighted by Crippen LogP contribution is 2.22. The third-order valence-corrected chi connectivity index (χ3v) is 3.38. The van der Waals surface area contributed by atoms with Gasteiger partial charge >= 0.3 is 0 Å². The molecule has 0 bridgehead atoms. The number of nitrogens with two attached hydrogens (primary N) is 1. The summed E-state index contributed by atoms with van der Waals surface area (Å²) in [4.78, 5) is 15.4. The second-order valence-corrected chi connectivity index (χ2v) is 4.82. The van der Waals surface area contributed by atoms with Crippen LogP contribution in [-0.4, -0.2) is 10.9 Å². The standard InChI is InChI=1S/C17H15N3O/c18-17(21)14-5-1-3-12(9-14)10-20-16-6-2-4-13-7-8-19-11-15(13)16/h1-9,11,20H,10H2,(H2,18,21). The third-order valence-electron chi connectivity index (χ3n) is 3.38. The van der Waals surface area contributed by atoms with Crippen LogP contribution in [0.15, 0.2) is 60.9 Å². The summed E-state index contributed by atoms with van der Waals surface area (Å²) < 4.78 is 0. The van der Waals surface area contributed by atoms with E-state index >= 15 is 0 Å². The molecule has 21 heavy (non-hydrogen) atoms. The predicted molar refractivity (Wildman–Crippen MR) is 84.0 cm³/mol. The number of anilines is 1. The fourth-order valence-corrected chi connectivity index (χ4v) is 2.30. The maximum absolute atomic E-state index is 11.2. The Morgan fingerprint density at radius 1 is 1.14 bits per heavy atom. The van der Waals surface area contributed by atoms with E-state index in [1.54, 1.807) is 18.3 Å². The smallest absolute Gasteiger partial charge is 0.248 e. The molecule has 4 heteroatoms. The van der Waals surface area contributed by atoms with E-state index in [4.69, 9.17) is 5.73 Å². The number of rotatable bonds is 4. The summed E-state index contributed by atoms with van der Waals surface area (Å²) in [6, 6.07) is 15.4. The summed E-state index contributed by atoms with van der Waals surface area (Å²) >= 11 is 0. The SMILES string of the molecule is NC(=O)c1cccc(CNc2cccc3ccncc23)c1. The number of carbonyl (C=O) groups is 1. The van der Waals surface area contributed by atoms with Crippen LogP contribution in [0.1, 0.15) is 15.9 Å². The summed E-state index contributed by atoms with van der Waals surface area (Å²) in [5.41, 5.74) is 7.84. The number of fused-ring (bicyclic) bond motifs is 1. The van der Waals surface area contributed by atoms with E-state index < -0.39 is 5.91 Å². The van der Waals surface area contributed by atoms with Crippen molar-refractivity contribution in [2.75, 3.05) is 5.32 Å². The van der Waals surface area contributed by atoms with Gasteiger partial charge in [-0.25, -0.2) is 0 Å². The second kappa shape index (κ2) is 5.63. The van der Waals surface area contributed by atoms with Crippen LogP contribution in [0.2, 0.25) is 0 Å². The topological polar surface area (TPSA) is 68.0 Å². The number of nitrogens with one attached hydrogen (secondary N) is 1. The average molecular weight is 277 g/mol. The molecule has 3 rings (SSSR count). The maximum Gasteiger partial charge on any atom is 0.248 e. The molecular weight excluding hydrogens is 262 g/mol. The summed E-state index contributed by atoms with van der Waals surface area (Å²) in [5, 5.41) is 5.59. The normalized spacial score (nSPS) is 10.5. The third kappa shape index (κ3) is 2.84. The minimum Gasteiger partial charge on any atom is -0.380 e. The molecule has 0 spiro atoms. The zero-order chi connectivity index (χ0) is 14.7. The van der Waals surface area contributed by atoms with Gasteiger partial charge in [-0.1, -0.05) is 24.3 Å². The number of amides is 1. The van der Waals surface area contributed by atoms with Crippen molar-refractivity contribution < 1.29 is 4.79 Å². The number of nitrogens with zero attached hydrogens (tertiary/aromatic N) is 1. The van der Waals surface area contributed by atoms with Gasteiger partial charge < -0.3 is 11.1 Å². The first-order chi connectivity index (χ1) is 10.2. The largest absolute Gasteiger partial charge is 0.380 e. The van der Waals surface area contributed by atoms with Gasteiger partial charge in [0.25, 0.3) is 0 Å². The van der Waals surface area contributed by atoms with Gasteiger partial charge in [0.15, 0.2) is 0 Å². The van der Waals surface area contributed by atoms with Crippen LogP contribution in [-0.2, 0) is 6.54 Å². The quantitative estimate of drug-likeness (QED) is 0.770. The summed E-state index contributed by atoms with van der Waals surface area (Å²) in [7, 11) is 0. The van der Waals surface area contributed by atoms with Gasteiger partial charge in [-0.05, 0) is 35.2 Å². The average Bonchev–Trinajstić information content (AvgIpc) is 2.53. The molecule has 3 aromatic rings. The van der Waals surface area contributed by atoms with Crippen LogP contribution in [0.25, 0.3) is 10.8 Å².